The molecule has 0 saturated heterocycles. The van der Waals surface area contributed by atoms with Crippen LogP contribution in [0.3, 0.4) is 0 Å². The first-order chi connectivity index (χ1) is 14.0. The van der Waals surface area contributed by atoms with E-state index in [1.165, 1.54) is 40.9 Å². The van der Waals surface area contributed by atoms with Crippen LogP contribution in [-0.2, 0) is 28.9 Å². The molecular formula is C18H20N6O2S3. The predicted molar refractivity (Wildman–Crippen MR) is 112 cm³/mol. The maximum atomic E-state index is 12.2. The normalized spacial score (nSPS) is 18.8. The van der Waals surface area contributed by atoms with Crippen LogP contribution in [0.25, 0.3) is 0 Å². The van der Waals surface area contributed by atoms with Gasteiger partial charge in [-0.05, 0) is 25.2 Å². The van der Waals surface area contributed by atoms with Crippen molar-refractivity contribution >= 4 is 50.8 Å². The Balaban J connectivity index is 1.27. The van der Waals surface area contributed by atoms with Crippen molar-refractivity contribution in [3.63, 3.8) is 0 Å². The molecule has 4 rings (SSSR count). The second-order valence-electron chi connectivity index (χ2n) is 7.17. The number of anilines is 1. The van der Waals surface area contributed by atoms with Crippen LogP contribution in [0.1, 0.15) is 52.8 Å². The van der Waals surface area contributed by atoms with Crippen molar-refractivity contribution in [1.29, 1.82) is 0 Å². The molecule has 0 radical (unpaired) electrons. The van der Waals surface area contributed by atoms with E-state index in [-0.39, 0.29) is 11.7 Å². The second kappa shape index (κ2) is 9.14. The summed E-state index contributed by atoms with van der Waals surface area (Å²) in [5.74, 6) is 0.895. The van der Waals surface area contributed by atoms with Gasteiger partial charge in [0.1, 0.15) is 20.8 Å². The standard InChI is InChI=1S/C18H20N6O2S3/c1-10(25)20-18-24-23-17(29-18)12-3-2-11(4-12)5-15-21-22-16(28-15)7-14(26)6-13-8-27-9-19-13/h8-9,11-12H,2-7H2,1H3,(H,20,24,25)/t11-,12+/m0/s1. The number of ketones is 1. The summed E-state index contributed by atoms with van der Waals surface area (Å²) in [4.78, 5) is 27.5. The first-order valence-corrected chi connectivity index (χ1v) is 11.9. The lowest BCUT2D eigenvalue weighted by Gasteiger charge is -2.06. The summed E-state index contributed by atoms with van der Waals surface area (Å²) < 4.78 is 0. The Kier molecular flexibility index (Phi) is 6.36. The van der Waals surface area contributed by atoms with E-state index in [1.807, 2.05) is 5.38 Å². The summed E-state index contributed by atoms with van der Waals surface area (Å²) in [5.41, 5.74) is 2.56. The van der Waals surface area contributed by atoms with Crippen LogP contribution in [-0.4, -0.2) is 37.1 Å². The summed E-state index contributed by atoms with van der Waals surface area (Å²) in [5, 5.41) is 24.7. The average Bonchev–Trinajstić information content (AvgIpc) is 3.43. The highest BCUT2D eigenvalue weighted by Gasteiger charge is 2.29. The minimum Gasteiger partial charge on any atom is -0.301 e. The molecule has 152 valence electrons. The molecule has 0 unspecified atom stereocenters. The fourth-order valence-electron chi connectivity index (χ4n) is 3.53. The molecule has 11 heteroatoms. The van der Waals surface area contributed by atoms with Crippen LogP contribution in [0.4, 0.5) is 5.13 Å². The van der Waals surface area contributed by atoms with Crippen molar-refractivity contribution in [3.8, 4) is 0 Å². The molecule has 1 aliphatic carbocycles. The van der Waals surface area contributed by atoms with Crippen molar-refractivity contribution < 1.29 is 9.59 Å². The molecule has 8 nitrogen and oxygen atoms in total. The van der Waals surface area contributed by atoms with Gasteiger partial charge >= 0.3 is 0 Å². The van der Waals surface area contributed by atoms with Crippen molar-refractivity contribution in [2.75, 3.05) is 5.32 Å². The molecule has 3 heterocycles. The number of hydrogen-bond acceptors (Lipinski definition) is 10. The van der Waals surface area contributed by atoms with Crippen LogP contribution in [0.2, 0.25) is 0 Å². The molecule has 2 atom stereocenters. The van der Waals surface area contributed by atoms with Gasteiger partial charge in [0.15, 0.2) is 0 Å². The van der Waals surface area contributed by atoms with Crippen molar-refractivity contribution in [2.45, 2.75) is 51.4 Å². The molecule has 0 aromatic carbocycles. The third-order valence-corrected chi connectivity index (χ3v) is 7.38. The Morgan fingerprint density at radius 1 is 1.10 bits per heavy atom. The van der Waals surface area contributed by atoms with Crippen molar-refractivity contribution in [2.24, 2.45) is 5.92 Å². The van der Waals surface area contributed by atoms with Gasteiger partial charge in [0.05, 0.1) is 17.6 Å². The number of nitrogens with zero attached hydrogens (tertiary/aromatic N) is 5. The minimum absolute atomic E-state index is 0.116. The molecule has 1 N–H and O–H groups in total. The number of amides is 1. The predicted octanol–water partition coefficient (Wildman–Crippen LogP) is 3.29. The van der Waals surface area contributed by atoms with E-state index in [4.69, 9.17) is 0 Å². The molecule has 1 aliphatic rings. The maximum Gasteiger partial charge on any atom is 0.223 e. The monoisotopic (exact) mass is 448 g/mol. The van der Waals surface area contributed by atoms with Gasteiger partial charge in [-0.15, -0.1) is 43.1 Å². The second-order valence-corrected chi connectivity index (χ2v) is 10.0. The number of aromatic nitrogens is 5. The Hall–Kier alpha value is -2.11. The quantitative estimate of drug-likeness (QED) is 0.563. The zero-order valence-electron chi connectivity index (χ0n) is 15.8. The number of carbonyl (C=O) groups is 2. The number of hydrogen-bond donors (Lipinski definition) is 1. The molecule has 0 aliphatic heterocycles. The highest BCUT2D eigenvalue weighted by Crippen LogP contribution is 2.41. The van der Waals surface area contributed by atoms with Gasteiger partial charge in [-0.1, -0.05) is 11.3 Å². The molecule has 1 fully saturated rings. The highest BCUT2D eigenvalue weighted by molar-refractivity contribution is 7.15. The van der Waals surface area contributed by atoms with E-state index >= 15 is 0 Å². The summed E-state index contributed by atoms with van der Waals surface area (Å²) in [6.45, 7) is 1.47. The zero-order chi connectivity index (χ0) is 20.2. The largest absolute Gasteiger partial charge is 0.301 e. The SMILES string of the molecule is CC(=O)Nc1nnc([C@@H]2CC[C@H](Cc3nnc(CC(=O)Cc4cscn4)s3)C2)s1. The third kappa shape index (κ3) is 5.49. The van der Waals surface area contributed by atoms with Crippen molar-refractivity contribution in [1.82, 2.24) is 25.4 Å². The number of Topliss-reactive ketones (excluding diaryl/α,β-unsaturated/α-hetero) is 1. The summed E-state index contributed by atoms with van der Waals surface area (Å²) in [6.07, 6.45) is 4.76. The van der Waals surface area contributed by atoms with Gasteiger partial charge in [0.2, 0.25) is 11.0 Å². The molecule has 3 aromatic rings. The molecular weight excluding hydrogens is 428 g/mol. The average molecular weight is 449 g/mol. The minimum atomic E-state index is -0.130. The van der Waals surface area contributed by atoms with Crippen LogP contribution in [0.5, 0.6) is 0 Å². The Morgan fingerprint density at radius 2 is 1.97 bits per heavy atom. The first-order valence-electron chi connectivity index (χ1n) is 9.36. The number of rotatable bonds is 8. The van der Waals surface area contributed by atoms with E-state index in [0.717, 1.165) is 46.4 Å². The van der Waals surface area contributed by atoms with Crippen LogP contribution >= 0.6 is 34.0 Å². The van der Waals surface area contributed by atoms with E-state index in [9.17, 15) is 9.59 Å². The zero-order valence-corrected chi connectivity index (χ0v) is 18.3. The maximum absolute atomic E-state index is 12.2. The number of carbonyl (C=O) groups excluding carboxylic acids is 2. The van der Waals surface area contributed by atoms with Crippen molar-refractivity contribution in [3.05, 3.63) is 31.6 Å². The van der Waals surface area contributed by atoms with E-state index in [2.05, 4.69) is 30.7 Å². The Labute approximate surface area is 179 Å². The molecule has 29 heavy (non-hydrogen) atoms. The number of thiazole rings is 1. The molecule has 1 amide bonds. The van der Waals surface area contributed by atoms with Crippen LogP contribution in [0.15, 0.2) is 10.9 Å². The van der Waals surface area contributed by atoms with Gasteiger partial charge in [-0.3, -0.25) is 9.59 Å². The molecule has 0 bridgehead atoms. The van der Waals surface area contributed by atoms with E-state index in [1.54, 1.807) is 5.51 Å². The Morgan fingerprint density at radius 3 is 2.76 bits per heavy atom. The highest BCUT2D eigenvalue weighted by atomic mass is 32.1. The summed E-state index contributed by atoms with van der Waals surface area (Å²) >= 11 is 4.49. The lowest BCUT2D eigenvalue weighted by molar-refractivity contribution is -0.118. The van der Waals surface area contributed by atoms with Gasteiger partial charge in [-0.2, -0.15) is 0 Å². The lowest BCUT2D eigenvalue weighted by atomic mass is 10.0. The van der Waals surface area contributed by atoms with Crippen LogP contribution < -0.4 is 5.32 Å². The van der Waals surface area contributed by atoms with Gasteiger partial charge < -0.3 is 5.32 Å². The molecule has 3 aromatic heterocycles. The van der Waals surface area contributed by atoms with E-state index in [0.29, 0.717) is 29.8 Å². The lowest BCUT2D eigenvalue weighted by Crippen LogP contribution is -2.06. The summed E-state index contributed by atoms with van der Waals surface area (Å²) in [7, 11) is 0. The smallest absolute Gasteiger partial charge is 0.223 e. The van der Waals surface area contributed by atoms with E-state index < -0.39 is 0 Å². The van der Waals surface area contributed by atoms with Gasteiger partial charge in [0.25, 0.3) is 0 Å². The fraction of sp³-hybridized carbons (Fsp3) is 0.500. The fourth-order valence-corrected chi connectivity index (χ4v) is 6.02. The molecule has 0 spiro atoms. The van der Waals surface area contributed by atoms with Crippen LogP contribution in [0, 0.1) is 5.92 Å². The molecule has 1 saturated carbocycles. The Bertz CT molecular complexity index is 984. The summed E-state index contributed by atoms with van der Waals surface area (Å²) in [6, 6.07) is 0. The van der Waals surface area contributed by atoms with Gasteiger partial charge in [0, 0.05) is 31.1 Å². The number of nitrogens with one attached hydrogen (secondary N) is 1. The third-order valence-electron chi connectivity index (χ3n) is 4.80. The van der Waals surface area contributed by atoms with Gasteiger partial charge in [-0.25, -0.2) is 4.98 Å². The first kappa shape index (κ1) is 20.2. The topological polar surface area (TPSA) is 111 Å².